The van der Waals surface area contributed by atoms with Gasteiger partial charge in [-0.15, -0.1) is 0 Å². The van der Waals surface area contributed by atoms with Gasteiger partial charge in [0.2, 0.25) is 0 Å². The molecule has 0 fully saturated rings. The lowest BCUT2D eigenvalue weighted by atomic mass is 10.2. The van der Waals surface area contributed by atoms with Gasteiger partial charge in [-0.05, 0) is 11.6 Å². The van der Waals surface area contributed by atoms with E-state index >= 15 is 0 Å². The van der Waals surface area contributed by atoms with E-state index in [4.69, 9.17) is 11.6 Å². The predicted octanol–water partition coefficient (Wildman–Crippen LogP) is 2.22. The van der Waals surface area contributed by atoms with Crippen molar-refractivity contribution < 1.29 is 4.21 Å². The van der Waals surface area contributed by atoms with E-state index in [1.165, 1.54) is 0 Å². The van der Waals surface area contributed by atoms with Gasteiger partial charge < -0.3 is 0 Å². The van der Waals surface area contributed by atoms with E-state index in [2.05, 4.69) is 0 Å². The third kappa shape index (κ3) is 2.64. The normalized spacial score (nSPS) is 12.9. The molecule has 0 amide bonds. The molecule has 0 saturated heterocycles. The van der Waals surface area contributed by atoms with Crippen molar-refractivity contribution in [3.8, 4) is 0 Å². The molecule has 0 spiro atoms. The molecule has 0 aliphatic carbocycles. The molecule has 3 heteroatoms. The maximum atomic E-state index is 10.8. The second-order valence-corrected chi connectivity index (χ2v) is 4.15. The highest BCUT2D eigenvalue weighted by atomic mass is 35.5. The van der Waals surface area contributed by atoms with Gasteiger partial charge in [-0.3, -0.25) is 4.21 Å². The Morgan fingerprint density at radius 1 is 1.45 bits per heavy atom. The van der Waals surface area contributed by atoms with Crippen molar-refractivity contribution in [3.63, 3.8) is 0 Å². The molecule has 0 aliphatic rings. The summed E-state index contributed by atoms with van der Waals surface area (Å²) in [6.07, 6.45) is 1.67. The molecular formula is C8H9ClOS. The highest BCUT2D eigenvalue weighted by molar-refractivity contribution is 7.83. The van der Waals surface area contributed by atoms with Crippen LogP contribution in [0.4, 0.5) is 0 Å². The quantitative estimate of drug-likeness (QED) is 0.696. The molecule has 0 aliphatic heterocycles. The van der Waals surface area contributed by atoms with Crippen LogP contribution in [0.5, 0.6) is 0 Å². The molecule has 11 heavy (non-hydrogen) atoms. The third-order valence-corrected chi connectivity index (χ3v) is 2.40. The molecule has 0 bridgehead atoms. The summed E-state index contributed by atoms with van der Waals surface area (Å²) in [5, 5.41) is 0.697. The van der Waals surface area contributed by atoms with Crippen LogP contribution in [0.3, 0.4) is 0 Å². The highest BCUT2D eigenvalue weighted by Crippen LogP contribution is 2.15. The predicted molar refractivity (Wildman–Crippen MR) is 49.2 cm³/mol. The minimum Gasteiger partial charge on any atom is -0.260 e. The van der Waals surface area contributed by atoms with Crippen molar-refractivity contribution in [1.82, 2.24) is 0 Å². The number of benzene rings is 1. The van der Waals surface area contributed by atoms with Crippen LogP contribution in [0.25, 0.3) is 0 Å². The second kappa shape index (κ2) is 3.88. The van der Waals surface area contributed by atoms with E-state index in [9.17, 15) is 4.21 Å². The number of hydrogen-bond donors (Lipinski definition) is 0. The van der Waals surface area contributed by atoms with Gasteiger partial charge in [0.1, 0.15) is 0 Å². The summed E-state index contributed by atoms with van der Waals surface area (Å²) in [6, 6.07) is 7.46. The molecule has 0 aromatic heterocycles. The van der Waals surface area contributed by atoms with Gasteiger partial charge in [0.25, 0.3) is 0 Å². The molecule has 1 rings (SSSR count). The van der Waals surface area contributed by atoms with Crippen molar-refractivity contribution in [2.45, 2.75) is 5.75 Å². The SMILES string of the molecule is C[S@@](=O)Cc1ccccc1Cl. The zero-order chi connectivity index (χ0) is 8.27. The Labute approximate surface area is 73.8 Å². The maximum Gasteiger partial charge on any atom is 0.0497 e. The van der Waals surface area contributed by atoms with Gasteiger partial charge in [-0.2, -0.15) is 0 Å². The van der Waals surface area contributed by atoms with Crippen LogP contribution in [-0.2, 0) is 16.6 Å². The molecule has 0 radical (unpaired) electrons. The summed E-state index contributed by atoms with van der Waals surface area (Å²) in [5.41, 5.74) is 0.954. The average Bonchev–Trinajstić information content (AvgIpc) is 1.93. The smallest absolute Gasteiger partial charge is 0.0497 e. The van der Waals surface area contributed by atoms with E-state index < -0.39 is 10.8 Å². The average molecular weight is 189 g/mol. The van der Waals surface area contributed by atoms with Crippen molar-refractivity contribution in [2.75, 3.05) is 6.26 Å². The van der Waals surface area contributed by atoms with Crippen molar-refractivity contribution in [2.24, 2.45) is 0 Å². The van der Waals surface area contributed by atoms with Gasteiger partial charge in [-0.25, -0.2) is 0 Å². The molecule has 60 valence electrons. The Bertz CT molecular complexity index is 273. The molecule has 1 aromatic rings. The minimum atomic E-state index is -0.811. The largest absolute Gasteiger partial charge is 0.260 e. The summed E-state index contributed by atoms with van der Waals surface area (Å²) in [5.74, 6) is 0.541. The molecule has 0 unspecified atom stereocenters. The summed E-state index contributed by atoms with van der Waals surface area (Å²) in [4.78, 5) is 0. The maximum absolute atomic E-state index is 10.8. The van der Waals surface area contributed by atoms with Crippen LogP contribution >= 0.6 is 11.6 Å². The highest BCUT2D eigenvalue weighted by Gasteiger charge is 1.99. The van der Waals surface area contributed by atoms with Crippen LogP contribution in [-0.4, -0.2) is 10.5 Å². The molecular weight excluding hydrogens is 180 g/mol. The second-order valence-electron chi connectivity index (χ2n) is 2.31. The summed E-state index contributed by atoms with van der Waals surface area (Å²) < 4.78 is 10.8. The van der Waals surface area contributed by atoms with Crippen LogP contribution in [0, 0.1) is 0 Å². The fourth-order valence-electron chi connectivity index (χ4n) is 0.834. The Kier molecular flexibility index (Phi) is 3.09. The summed E-state index contributed by atoms with van der Waals surface area (Å²) in [7, 11) is -0.811. The van der Waals surface area contributed by atoms with Gasteiger partial charge >= 0.3 is 0 Å². The number of rotatable bonds is 2. The van der Waals surface area contributed by atoms with Crippen LogP contribution in [0.1, 0.15) is 5.56 Å². The van der Waals surface area contributed by atoms with Crippen molar-refractivity contribution in [1.29, 1.82) is 0 Å². The standard InChI is InChI=1S/C8H9ClOS/c1-11(10)6-7-4-2-3-5-8(7)9/h2-5H,6H2,1H3/t11-/m1/s1. The first kappa shape index (κ1) is 8.75. The van der Waals surface area contributed by atoms with Gasteiger partial charge in [-0.1, -0.05) is 29.8 Å². The lowest BCUT2D eigenvalue weighted by molar-refractivity contribution is 0.686. The fourth-order valence-corrected chi connectivity index (χ4v) is 1.81. The topological polar surface area (TPSA) is 17.1 Å². The molecule has 1 atom stereocenters. The fraction of sp³-hybridized carbons (Fsp3) is 0.250. The van der Waals surface area contributed by atoms with Gasteiger partial charge in [0.05, 0.1) is 0 Å². The van der Waals surface area contributed by atoms with Crippen molar-refractivity contribution in [3.05, 3.63) is 34.9 Å². The van der Waals surface area contributed by atoms with E-state index in [1.54, 1.807) is 6.26 Å². The summed E-state index contributed by atoms with van der Waals surface area (Å²) >= 11 is 5.83. The van der Waals surface area contributed by atoms with Crippen LogP contribution in [0.2, 0.25) is 5.02 Å². The Morgan fingerprint density at radius 3 is 2.64 bits per heavy atom. The Morgan fingerprint density at radius 2 is 2.09 bits per heavy atom. The Hall–Kier alpha value is -0.340. The molecule has 0 saturated carbocycles. The van der Waals surface area contributed by atoms with Crippen LogP contribution < -0.4 is 0 Å². The minimum absolute atomic E-state index is 0.541. The van der Waals surface area contributed by atoms with Crippen molar-refractivity contribution >= 4 is 22.4 Å². The van der Waals surface area contributed by atoms with Gasteiger partial charge in [0.15, 0.2) is 0 Å². The van der Waals surface area contributed by atoms with E-state index in [0.717, 1.165) is 5.56 Å². The molecule has 1 nitrogen and oxygen atoms in total. The lowest BCUT2D eigenvalue weighted by Crippen LogP contribution is -1.92. The van der Waals surface area contributed by atoms with E-state index in [0.29, 0.717) is 10.8 Å². The van der Waals surface area contributed by atoms with Gasteiger partial charge in [0, 0.05) is 27.8 Å². The number of halogens is 1. The molecule has 0 heterocycles. The first-order valence-corrected chi connectivity index (χ1v) is 5.34. The van der Waals surface area contributed by atoms with E-state index in [-0.39, 0.29) is 0 Å². The van der Waals surface area contributed by atoms with Crippen LogP contribution in [0.15, 0.2) is 24.3 Å². The lowest BCUT2D eigenvalue weighted by Gasteiger charge is -1.99. The number of hydrogen-bond acceptors (Lipinski definition) is 1. The zero-order valence-electron chi connectivity index (χ0n) is 6.21. The summed E-state index contributed by atoms with van der Waals surface area (Å²) in [6.45, 7) is 0. The monoisotopic (exact) mass is 188 g/mol. The first-order valence-electron chi connectivity index (χ1n) is 3.23. The van der Waals surface area contributed by atoms with E-state index in [1.807, 2.05) is 24.3 Å². The third-order valence-electron chi connectivity index (χ3n) is 1.32. The zero-order valence-corrected chi connectivity index (χ0v) is 7.78. The first-order chi connectivity index (χ1) is 5.20. The Balaban J connectivity index is 2.86. The molecule has 0 N–H and O–H groups in total. The molecule has 1 aromatic carbocycles.